The average Bonchev–Trinajstić information content (AvgIpc) is 2.59. The van der Waals surface area contributed by atoms with Crippen LogP contribution in [0.4, 0.5) is 0 Å². The summed E-state index contributed by atoms with van der Waals surface area (Å²) in [5.41, 5.74) is 2.40. The summed E-state index contributed by atoms with van der Waals surface area (Å²) in [6, 6.07) is 7.74. The summed E-state index contributed by atoms with van der Waals surface area (Å²) < 4.78 is 28.7. The summed E-state index contributed by atoms with van der Waals surface area (Å²) in [5.74, 6) is 1.03. The van der Waals surface area contributed by atoms with Crippen LogP contribution >= 0.6 is 0 Å². The zero-order chi connectivity index (χ0) is 17.9. The van der Waals surface area contributed by atoms with Gasteiger partial charge in [0.2, 0.25) is 0 Å². The van der Waals surface area contributed by atoms with Crippen molar-refractivity contribution in [3.05, 3.63) is 35.5 Å². The predicted octanol–water partition coefficient (Wildman–Crippen LogP) is 1.91. The van der Waals surface area contributed by atoms with Crippen LogP contribution in [0.15, 0.2) is 24.4 Å². The number of sulfone groups is 1. The molecular weight excluding hydrogens is 338 g/mol. The monoisotopic (exact) mass is 359 g/mol. The number of benzene rings is 1. The van der Waals surface area contributed by atoms with E-state index < -0.39 is 9.84 Å². The van der Waals surface area contributed by atoms with Gasteiger partial charge in [0, 0.05) is 37.3 Å². The zero-order valence-electron chi connectivity index (χ0n) is 14.2. The number of hydrogen-bond acceptors (Lipinski definition) is 6. The molecule has 0 radical (unpaired) electrons. The Kier molecular flexibility index (Phi) is 5.21. The van der Waals surface area contributed by atoms with Crippen molar-refractivity contribution >= 4 is 20.7 Å². The first-order chi connectivity index (χ1) is 12.0. The number of aromatic nitrogens is 1. The molecule has 0 spiro atoms. The highest BCUT2D eigenvalue weighted by Gasteiger charge is 2.20. The van der Waals surface area contributed by atoms with Crippen molar-refractivity contribution in [3.63, 3.8) is 0 Å². The van der Waals surface area contributed by atoms with Crippen molar-refractivity contribution in [1.82, 2.24) is 9.88 Å². The molecule has 3 rings (SSSR count). The number of rotatable bonds is 5. The smallest absolute Gasteiger partial charge is 0.152 e. The standard InChI is InChI=1S/C18H21N3O3S/c1-14-3-4-20-17-12-18(15(13-19)11-16(14)17)24-8-2-5-21-6-9-25(22,23)10-7-21/h3-4,11-12H,2,5-10H2,1H3. The van der Waals surface area contributed by atoms with Crippen molar-refractivity contribution in [3.8, 4) is 11.8 Å². The van der Waals surface area contributed by atoms with E-state index in [0.717, 1.165) is 29.4 Å². The van der Waals surface area contributed by atoms with E-state index in [1.807, 2.05) is 25.1 Å². The van der Waals surface area contributed by atoms with Crippen molar-refractivity contribution < 1.29 is 13.2 Å². The highest BCUT2D eigenvalue weighted by atomic mass is 32.2. The van der Waals surface area contributed by atoms with Crippen LogP contribution in [-0.2, 0) is 9.84 Å². The maximum atomic E-state index is 11.4. The fraction of sp³-hybridized carbons (Fsp3) is 0.444. The maximum Gasteiger partial charge on any atom is 0.152 e. The summed E-state index contributed by atoms with van der Waals surface area (Å²) in [4.78, 5) is 6.48. The number of hydrogen-bond donors (Lipinski definition) is 0. The Morgan fingerprint density at radius 1 is 1.32 bits per heavy atom. The Morgan fingerprint density at radius 3 is 2.80 bits per heavy atom. The van der Waals surface area contributed by atoms with E-state index in [1.165, 1.54) is 0 Å². The summed E-state index contributed by atoms with van der Waals surface area (Å²) in [7, 11) is -2.84. The molecule has 0 atom stereocenters. The molecule has 2 heterocycles. The Bertz CT molecular complexity index is 905. The molecule has 7 heteroatoms. The van der Waals surface area contributed by atoms with Crippen LogP contribution in [0.1, 0.15) is 17.5 Å². The quantitative estimate of drug-likeness (QED) is 0.759. The van der Waals surface area contributed by atoms with Crippen LogP contribution in [0.5, 0.6) is 5.75 Å². The highest BCUT2D eigenvalue weighted by Crippen LogP contribution is 2.26. The van der Waals surface area contributed by atoms with E-state index in [0.29, 0.717) is 31.0 Å². The molecule has 1 saturated heterocycles. The van der Waals surface area contributed by atoms with Gasteiger partial charge in [-0.25, -0.2) is 8.42 Å². The number of nitrogens with zero attached hydrogens (tertiary/aromatic N) is 3. The second kappa shape index (κ2) is 7.38. The van der Waals surface area contributed by atoms with Gasteiger partial charge in [0.25, 0.3) is 0 Å². The minimum absolute atomic E-state index is 0.238. The largest absolute Gasteiger partial charge is 0.492 e. The molecule has 0 unspecified atom stereocenters. The third-order valence-corrected chi connectivity index (χ3v) is 6.10. The molecule has 0 saturated carbocycles. The van der Waals surface area contributed by atoms with Crippen molar-refractivity contribution in [2.45, 2.75) is 13.3 Å². The lowest BCUT2D eigenvalue weighted by molar-refractivity contribution is 0.245. The number of aryl methyl sites for hydroxylation is 1. The first-order valence-corrected chi connectivity index (χ1v) is 10.2. The van der Waals surface area contributed by atoms with Crippen LogP contribution in [-0.4, -0.2) is 56.0 Å². The van der Waals surface area contributed by atoms with Crippen LogP contribution < -0.4 is 4.74 Å². The average molecular weight is 359 g/mol. The molecule has 1 aliphatic rings. The van der Waals surface area contributed by atoms with Crippen LogP contribution in [0.2, 0.25) is 0 Å². The van der Waals surface area contributed by atoms with Crippen LogP contribution in [0.3, 0.4) is 0 Å². The van der Waals surface area contributed by atoms with E-state index in [4.69, 9.17) is 4.74 Å². The topological polar surface area (TPSA) is 83.3 Å². The van der Waals surface area contributed by atoms with Gasteiger partial charge in [0.1, 0.15) is 11.8 Å². The van der Waals surface area contributed by atoms with Gasteiger partial charge >= 0.3 is 0 Å². The molecule has 1 aromatic heterocycles. The summed E-state index contributed by atoms with van der Waals surface area (Å²) in [6.07, 6.45) is 2.53. The van der Waals surface area contributed by atoms with Gasteiger partial charge in [-0.1, -0.05) is 0 Å². The van der Waals surface area contributed by atoms with Gasteiger partial charge in [-0.2, -0.15) is 5.26 Å². The minimum atomic E-state index is -2.84. The zero-order valence-corrected chi connectivity index (χ0v) is 15.1. The number of ether oxygens (including phenoxy) is 1. The van der Waals surface area contributed by atoms with E-state index in [-0.39, 0.29) is 11.5 Å². The molecule has 132 valence electrons. The van der Waals surface area contributed by atoms with Gasteiger partial charge < -0.3 is 9.64 Å². The molecule has 1 fully saturated rings. The SMILES string of the molecule is Cc1ccnc2cc(OCCCN3CCS(=O)(=O)CC3)c(C#N)cc12. The predicted molar refractivity (Wildman–Crippen MR) is 96.4 cm³/mol. The molecular formula is C18H21N3O3S. The normalized spacial score (nSPS) is 17.3. The Labute approximate surface area is 148 Å². The Balaban J connectivity index is 1.59. The van der Waals surface area contributed by atoms with Crippen molar-refractivity contribution in [1.29, 1.82) is 5.26 Å². The van der Waals surface area contributed by atoms with Gasteiger partial charge in [-0.15, -0.1) is 0 Å². The third-order valence-electron chi connectivity index (χ3n) is 4.49. The lowest BCUT2D eigenvalue weighted by Gasteiger charge is -2.26. The minimum Gasteiger partial charge on any atom is -0.492 e. The van der Waals surface area contributed by atoms with Gasteiger partial charge in [-0.3, -0.25) is 4.98 Å². The molecule has 2 aromatic rings. The van der Waals surface area contributed by atoms with E-state index in [2.05, 4.69) is 16.0 Å². The van der Waals surface area contributed by atoms with Crippen LogP contribution in [0.25, 0.3) is 10.9 Å². The summed E-state index contributed by atoms with van der Waals surface area (Å²) >= 11 is 0. The van der Waals surface area contributed by atoms with E-state index in [9.17, 15) is 13.7 Å². The molecule has 25 heavy (non-hydrogen) atoms. The summed E-state index contributed by atoms with van der Waals surface area (Å²) in [5, 5.41) is 10.3. The first kappa shape index (κ1) is 17.6. The molecule has 0 bridgehead atoms. The first-order valence-electron chi connectivity index (χ1n) is 8.33. The fourth-order valence-electron chi connectivity index (χ4n) is 2.96. The van der Waals surface area contributed by atoms with Crippen LogP contribution in [0, 0.1) is 18.3 Å². The molecule has 0 aliphatic carbocycles. The third kappa shape index (κ3) is 4.27. The maximum absolute atomic E-state index is 11.4. The van der Waals surface area contributed by atoms with E-state index in [1.54, 1.807) is 6.20 Å². The highest BCUT2D eigenvalue weighted by molar-refractivity contribution is 7.91. The summed E-state index contributed by atoms with van der Waals surface area (Å²) in [6.45, 7) is 4.44. The van der Waals surface area contributed by atoms with Gasteiger partial charge in [0.15, 0.2) is 9.84 Å². The lowest BCUT2D eigenvalue weighted by atomic mass is 10.1. The molecule has 1 aromatic carbocycles. The number of nitriles is 1. The van der Waals surface area contributed by atoms with Gasteiger partial charge in [-0.05, 0) is 31.0 Å². The Hall–Kier alpha value is -2.17. The van der Waals surface area contributed by atoms with Gasteiger partial charge in [0.05, 0.1) is 29.2 Å². The fourth-order valence-corrected chi connectivity index (χ4v) is 4.24. The Morgan fingerprint density at radius 2 is 2.08 bits per heavy atom. The van der Waals surface area contributed by atoms with E-state index >= 15 is 0 Å². The lowest BCUT2D eigenvalue weighted by Crippen LogP contribution is -2.40. The molecule has 0 amide bonds. The number of pyridine rings is 1. The second-order valence-electron chi connectivity index (χ2n) is 6.30. The van der Waals surface area contributed by atoms with Crippen molar-refractivity contribution in [2.75, 3.05) is 37.7 Å². The molecule has 0 N–H and O–H groups in total. The second-order valence-corrected chi connectivity index (χ2v) is 8.60. The number of fused-ring (bicyclic) bond motifs is 1. The molecule has 1 aliphatic heterocycles. The van der Waals surface area contributed by atoms with Crippen molar-refractivity contribution in [2.24, 2.45) is 0 Å². The molecule has 6 nitrogen and oxygen atoms in total.